The normalized spacial score (nSPS) is 10.4. The molecule has 0 heterocycles. The van der Waals surface area contributed by atoms with Crippen molar-refractivity contribution in [1.29, 1.82) is 0 Å². The van der Waals surface area contributed by atoms with Gasteiger partial charge in [0.1, 0.15) is 0 Å². The fourth-order valence-electron chi connectivity index (χ4n) is 1.35. The monoisotopic (exact) mass is 242 g/mol. The van der Waals surface area contributed by atoms with Crippen LogP contribution in [0.2, 0.25) is 0 Å². The lowest BCUT2D eigenvalue weighted by molar-refractivity contribution is 0.280. The summed E-state index contributed by atoms with van der Waals surface area (Å²) in [6, 6.07) is 6.05. The topological polar surface area (TPSA) is 20.2 Å². The largest absolute Gasteiger partial charge is 0.392 e. The summed E-state index contributed by atoms with van der Waals surface area (Å²) in [5, 5.41) is 9.09. The Hall–Kier alpha value is -0.340. The van der Waals surface area contributed by atoms with E-state index in [1.807, 2.05) is 12.1 Å². The zero-order valence-corrected chi connectivity index (χ0v) is 9.47. The molecule has 0 bridgehead atoms. The molecule has 0 spiro atoms. The maximum atomic E-state index is 9.09. The van der Waals surface area contributed by atoms with E-state index in [4.69, 9.17) is 5.11 Å². The molecule has 72 valence electrons. The summed E-state index contributed by atoms with van der Waals surface area (Å²) in [5.41, 5.74) is 2.32. The molecule has 0 aliphatic heterocycles. The summed E-state index contributed by atoms with van der Waals surface area (Å²) in [7, 11) is 0. The molecular formula is C11H15BrO. The first-order valence-electron chi connectivity index (χ1n) is 4.66. The molecule has 0 atom stereocenters. The smallest absolute Gasteiger partial charge is 0.0684 e. The fraction of sp³-hybridized carbons (Fsp3) is 0.455. The van der Waals surface area contributed by atoms with Crippen LogP contribution < -0.4 is 0 Å². The molecule has 0 radical (unpaired) electrons. The lowest BCUT2D eigenvalue weighted by Crippen LogP contribution is -1.94. The molecule has 0 aliphatic carbocycles. The first-order valence-corrected chi connectivity index (χ1v) is 5.45. The number of aliphatic hydroxyl groups is 1. The van der Waals surface area contributed by atoms with Gasteiger partial charge in [0.25, 0.3) is 0 Å². The minimum absolute atomic E-state index is 0.145. The quantitative estimate of drug-likeness (QED) is 0.860. The molecule has 0 aliphatic rings. The highest BCUT2D eigenvalue weighted by molar-refractivity contribution is 9.10. The van der Waals surface area contributed by atoms with Gasteiger partial charge < -0.3 is 5.11 Å². The minimum atomic E-state index is 0.145. The van der Waals surface area contributed by atoms with Gasteiger partial charge in [-0.25, -0.2) is 0 Å². The Balaban J connectivity index is 2.81. The number of hydrogen-bond donors (Lipinski definition) is 1. The van der Waals surface area contributed by atoms with Gasteiger partial charge >= 0.3 is 0 Å². The van der Waals surface area contributed by atoms with Gasteiger partial charge in [0.2, 0.25) is 0 Å². The van der Waals surface area contributed by atoms with Crippen molar-refractivity contribution in [3.63, 3.8) is 0 Å². The minimum Gasteiger partial charge on any atom is -0.392 e. The van der Waals surface area contributed by atoms with Gasteiger partial charge in [-0.3, -0.25) is 0 Å². The predicted octanol–water partition coefficient (Wildman–Crippen LogP) is 3.28. The number of halogens is 1. The molecule has 0 amide bonds. The Kier molecular flexibility index (Phi) is 4.46. The molecule has 0 saturated carbocycles. The maximum Gasteiger partial charge on any atom is 0.0684 e. The first-order chi connectivity index (χ1) is 6.27. The van der Waals surface area contributed by atoms with Crippen LogP contribution in [0.4, 0.5) is 0 Å². The van der Waals surface area contributed by atoms with E-state index >= 15 is 0 Å². The summed E-state index contributed by atoms with van der Waals surface area (Å²) >= 11 is 3.44. The summed E-state index contributed by atoms with van der Waals surface area (Å²) in [6.07, 6.45) is 3.44. The van der Waals surface area contributed by atoms with Gasteiger partial charge in [0, 0.05) is 4.47 Å². The number of aryl methyl sites for hydroxylation is 1. The Labute approximate surface area is 87.9 Å². The van der Waals surface area contributed by atoms with Gasteiger partial charge in [-0.05, 0) is 36.1 Å². The molecule has 1 nitrogen and oxygen atoms in total. The Morgan fingerprint density at radius 3 is 2.69 bits per heavy atom. The highest BCUT2D eigenvalue weighted by atomic mass is 79.9. The second-order valence-corrected chi connectivity index (χ2v) is 4.09. The van der Waals surface area contributed by atoms with Gasteiger partial charge in [-0.1, -0.05) is 35.3 Å². The van der Waals surface area contributed by atoms with Crippen LogP contribution in [-0.4, -0.2) is 5.11 Å². The van der Waals surface area contributed by atoms with Crippen molar-refractivity contribution in [3.05, 3.63) is 33.8 Å². The average molecular weight is 243 g/mol. The highest BCUT2D eigenvalue weighted by Crippen LogP contribution is 2.18. The van der Waals surface area contributed by atoms with Crippen LogP contribution >= 0.6 is 15.9 Å². The second kappa shape index (κ2) is 5.40. The Morgan fingerprint density at radius 2 is 2.08 bits per heavy atom. The van der Waals surface area contributed by atoms with Crippen LogP contribution in [0.1, 0.15) is 30.9 Å². The third-order valence-electron chi connectivity index (χ3n) is 2.14. The van der Waals surface area contributed by atoms with Crippen molar-refractivity contribution in [3.8, 4) is 0 Å². The predicted molar refractivity (Wildman–Crippen MR) is 58.7 cm³/mol. The van der Waals surface area contributed by atoms with Crippen molar-refractivity contribution in [2.75, 3.05) is 0 Å². The van der Waals surface area contributed by atoms with Crippen molar-refractivity contribution in [2.45, 2.75) is 32.8 Å². The molecule has 1 rings (SSSR count). The zero-order valence-electron chi connectivity index (χ0n) is 7.89. The Morgan fingerprint density at radius 1 is 1.31 bits per heavy atom. The fourth-order valence-corrected chi connectivity index (χ4v) is 1.76. The van der Waals surface area contributed by atoms with Crippen molar-refractivity contribution in [2.24, 2.45) is 0 Å². The zero-order chi connectivity index (χ0) is 9.68. The van der Waals surface area contributed by atoms with Gasteiger partial charge in [-0.15, -0.1) is 0 Å². The molecule has 0 aromatic heterocycles. The van der Waals surface area contributed by atoms with Crippen molar-refractivity contribution in [1.82, 2.24) is 0 Å². The van der Waals surface area contributed by atoms with E-state index in [2.05, 4.69) is 28.9 Å². The number of aliphatic hydroxyl groups excluding tert-OH is 1. The van der Waals surface area contributed by atoms with E-state index in [0.717, 1.165) is 16.5 Å². The Bertz CT molecular complexity index is 271. The van der Waals surface area contributed by atoms with E-state index in [1.165, 1.54) is 18.4 Å². The van der Waals surface area contributed by atoms with E-state index in [9.17, 15) is 0 Å². The maximum absolute atomic E-state index is 9.09. The SMILES string of the molecule is CCCCc1cc(Br)ccc1CO. The van der Waals surface area contributed by atoms with Crippen molar-refractivity contribution >= 4 is 15.9 Å². The van der Waals surface area contributed by atoms with E-state index in [0.29, 0.717) is 0 Å². The summed E-state index contributed by atoms with van der Waals surface area (Å²) in [5.74, 6) is 0. The lowest BCUT2D eigenvalue weighted by atomic mass is 10.0. The molecule has 1 aromatic rings. The van der Waals surface area contributed by atoms with Crippen molar-refractivity contribution < 1.29 is 5.11 Å². The molecule has 1 N–H and O–H groups in total. The van der Waals surface area contributed by atoms with Crippen LogP contribution in [0.3, 0.4) is 0 Å². The second-order valence-electron chi connectivity index (χ2n) is 3.17. The highest BCUT2D eigenvalue weighted by Gasteiger charge is 2.01. The van der Waals surface area contributed by atoms with E-state index in [1.54, 1.807) is 0 Å². The number of benzene rings is 1. The molecule has 2 heteroatoms. The van der Waals surface area contributed by atoms with Gasteiger partial charge in [0.05, 0.1) is 6.61 Å². The number of rotatable bonds is 4. The van der Waals surface area contributed by atoms with Crippen LogP contribution in [0.15, 0.2) is 22.7 Å². The number of unbranched alkanes of at least 4 members (excludes halogenated alkanes) is 1. The van der Waals surface area contributed by atoms with Crippen LogP contribution in [0.5, 0.6) is 0 Å². The van der Waals surface area contributed by atoms with E-state index in [-0.39, 0.29) is 6.61 Å². The van der Waals surface area contributed by atoms with Gasteiger partial charge in [-0.2, -0.15) is 0 Å². The summed E-state index contributed by atoms with van der Waals surface area (Å²) in [6.45, 7) is 2.32. The standard InChI is InChI=1S/C11H15BrO/c1-2-3-4-9-7-11(12)6-5-10(9)8-13/h5-7,13H,2-4,8H2,1H3. The summed E-state index contributed by atoms with van der Waals surface area (Å²) < 4.78 is 1.09. The van der Waals surface area contributed by atoms with Crippen LogP contribution in [0.25, 0.3) is 0 Å². The third kappa shape index (κ3) is 3.12. The molecule has 0 unspecified atom stereocenters. The molecular weight excluding hydrogens is 228 g/mol. The van der Waals surface area contributed by atoms with Crippen LogP contribution in [-0.2, 0) is 13.0 Å². The third-order valence-corrected chi connectivity index (χ3v) is 2.63. The van der Waals surface area contributed by atoms with E-state index < -0.39 is 0 Å². The van der Waals surface area contributed by atoms with Crippen LogP contribution in [0, 0.1) is 0 Å². The number of hydrogen-bond acceptors (Lipinski definition) is 1. The van der Waals surface area contributed by atoms with Gasteiger partial charge in [0.15, 0.2) is 0 Å². The molecule has 13 heavy (non-hydrogen) atoms. The summed E-state index contributed by atoms with van der Waals surface area (Å²) in [4.78, 5) is 0. The first kappa shape index (κ1) is 10.7. The lowest BCUT2D eigenvalue weighted by Gasteiger charge is -2.06. The molecule has 0 saturated heterocycles. The molecule has 0 fully saturated rings. The molecule has 1 aromatic carbocycles. The average Bonchev–Trinajstić information content (AvgIpc) is 2.15.